The van der Waals surface area contributed by atoms with Gasteiger partial charge in [0.15, 0.2) is 0 Å². The van der Waals surface area contributed by atoms with Crippen LogP contribution in [-0.2, 0) is 10.0 Å². The fraction of sp³-hybridized carbons (Fsp3) is 0.333. The second-order valence-electron chi connectivity index (χ2n) is 4.21. The zero-order chi connectivity index (χ0) is 14.0. The number of sulfonamides is 1. The molecule has 104 valence electrons. The van der Waals surface area contributed by atoms with Gasteiger partial charge in [0.1, 0.15) is 5.75 Å². The average Bonchev–Trinajstić information content (AvgIpc) is 2.37. The summed E-state index contributed by atoms with van der Waals surface area (Å²) in [5.74, 6) is 0.475. The van der Waals surface area contributed by atoms with Gasteiger partial charge >= 0.3 is 0 Å². The molecule has 1 atom stereocenters. The van der Waals surface area contributed by atoms with Crippen molar-refractivity contribution >= 4 is 21.6 Å². The summed E-state index contributed by atoms with van der Waals surface area (Å²) in [7, 11) is -3.62. The number of benzene rings is 1. The van der Waals surface area contributed by atoms with Gasteiger partial charge in [0.05, 0.1) is 16.5 Å². The van der Waals surface area contributed by atoms with Crippen molar-refractivity contribution in [2.45, 2.75) is 17.4 Å². The number of nitrogens with one attached hydrogen (secondary N) is 1. The fourth-order valence-corrected chi connectivity index (χ4v) is 3.27. The molecule has 2 rings (SSSR count). The molecular formula is C12H15ClN2O3S. The average molecular weight is 303 g/mol. The maximum Gasteiger partial charge on any atom is 0.240 e. The number of rotatable bonds is 4. The lowest BCUT2D eigenvalue weighted by Gasteiger charge is -2.24. The summed E-state index contributed by atoms with van der Waals surface area (Å²) in [5.41, 5.74) is 6.58. The molecule has 0 saturated heterocycles. The summed E-state index contributed by atoms with van der Waals surface area (Å²) < 4.78 is 31.9. The van der Waals surface area contributed by atoms with Crippen molar-refractivity contribution in [3.63, 3.8) is 0 Å². The second kappa shape index (κ2) is 5.50. The molecule has 1 heterocycles. The summed E-state index contributed by atoms with van der Waals surface area (Å²) in [6.07, 6.45) is 2.10. The SMILES string of the molecule is C=CCNS(=O)(=O)c1cc(Cl)c2c(c1)C(N)CCO2. The van der Waals surface area contributed by atoms with E-state index < -0.39 is 10.0 Å². The zero-order valence-corrected chi connectivity index (χ0v) is 11.8. The van der Waals surface area contributed by atoms with E-state index in [9.17, 15) is 8.42 Å². The number of hydrogen-bond donors (Lipinski definition) is 2. The molecule has 19 heavy (non-hydrogen) atoms. The quantitative estimate of drug-likeness (QED) is 0.828. The summed E-state index contributed by atoms with van der Waals surface area (Å²) in [6, 6.07) is 2.61. The second-order valence-corrected chi connectivity index (χ2v) is 6.38. The Labute approximate surface area is 117 Å². The molecule has 3 N–H and O–H groups in total. The van der Waals surface area contributed by atoms with Gasteiger partial charge in [-0.3, -0.25) is 0 Å². The Hall–Kier alpha value is -1.08. The normalized spacial score (nSPS) is 18.5. The Morgan fingerprint density at radius 2 is 2.32 bits per heavy atom. The van der Waals surface area contributed by atoms with Crippen LogP contribution in [0, 0.1) is 0 Å². The predicted molar refractivity (Wildman–Crippen MR) is 73.9 cm³/mol. The minimum atomic E-state index is -3.62. The lowest BCUT2D eigenvalue weighted by atomic mass is 10.0. The summed E-state index contributed by atoms with van der Waals surface area (Å²) in [4.78, 5) is 0.0825. The third-order valence-electron chi connectivity index (χ3n) is 2.85. The molecule has 5 nitrogen and oxygen atoms in total. The highest BCUT2D eigenvalue weighted by molar-refractivity contribution is 7.89. The van der Waals surface area contributed by atoms with Crippen molar-refractivity contribution in [1.29, 1.82) is 0 Å². The van der Waals surface area contributed by atoms with E-state index in [1.807, 2.05) is 0 Å². The Bertz CT molecular complexity index is 601. The molecule has 0 spiro atoms. The van der Waals surface area contributed by atoms with E-state index >= 15 is 0 Å². The van der Waals surface area contributed by atoms with Crippen molar-refractivity contribution in [2.24, 2.45) is 5.73 Å². The monoisotopic (exact) mass is 302 g/mol. The first kappa shape index (κ1) is 14.3. The third-order valence-corrected chi connectivity index (χ3v) is 4.53. The molecule has 7 heteroatoms. The summed E-state index contributed by atoms with van der Waals surface area (Å²) in [5, 5.41) is 0.256. The molecule has 0 aromatic heterocycles. The van der Waals surface area contributed by atoms with Gasteiger partial charge in [0, 0.05) is 24.6 Å². The Morgan fingerprint density at radius 1 is 1.58 bits per heavy atom. The minimum Gasteiger partial charge on any atom is -0.492 e. The van der Waals surface area contributed by atoms with Crippen molar-refractivity contribution < 1.29 is 13.2 Å². The van der Waals surface area contributed by atoms with Gasteiger partial charge in [-0.25, -0.2) is 13.1 Å². The Balaban J connectivity index is 2.46. The van der Waals surface area contributed by atoms with E-state index in [0.29, 0.717) is 24.3 Å². The lowest BCUT2D eigenvalue weighted by molar-refractivity contribution is 0.269. The standard InChI is InChI=1S/C12H15ClN2O3S/c1-2-4-15-19(16,17)8-6-9-11(14)3-5-18-12(9)10(13)7-8/h2,6-7,11,15H,1,3-5,14H2. The molecule has 1 aromatic rings. The van der Waals surface area contributed by atoms with Crippen molar-refractivity contribution in [3.05, 3.63) is 35.4 Å². The maximum absolute atomic E-state index is 12.0. The van der Waals surface area contributed by atoms with E-state index in [0.717, 1.165) is 0 Å². The van der Waals surface area contributed by atoms with Crippen LogP contribution >= 0.6 is 11.6 Å². The van der Waals surface area contributed by atoms with E-state index in [1.165, 1.54) is 18.2 Å². The largest absolute Gasteiger partial charge is 0.492 e. The van der Waals surface area contributed by atoms with Gasteiger partial charge in [0.2, 0.25) is 10.0 Å². The minimum absolute atomic E-state index is 0.0825. The zero-order valence-electron chi connectivity index (χ0n) is 10.2. The molecule has 0 fully saturated rings. The van der Waals surface area contributed by atoms with Crippen LogP contribution in [0.5, 0.6) is 5.75 Å². The van der Waals surface area contributed by atoms with Crippen LogP contribution < -0.4 is 15.2 Å². The molecular weight excluding hydrogens is 288 g/mol. The first-order valence-corrected chi connectivity index (χ1v) is 7.64. The van der Waals surface area contributed by atoms with E-state index in [4.69, 9.17) is 22.1 Å². The predicted octanol–water partition coefficient (Wildman–Crippen LogP) is 1.59. The highest BCUT2D eigenvalue weighted by Gasteiger charge is 2.25. The first-order chi connectivity index (χ1) is 8.95. The van der Waals surface area contributed by atoms with Crippen LogP contribution in [-0.4, -0.2) is 21.6 Å². The van der Waals surface area contributed by atoms with E-state index in [1.54, 1.807) is 0 Å². The van der Waals surface area contributed by atoms with E-state index in [2.05, 4.69) is 11.3 Å². The topological polar surface area (TPSA) is 81.4 Å². The maximum atomic E-state index is 12.0. The first-order valence-electron chi connectivity index (χ1n) is 5.78. The number of nitrogens with two attached hydrogens (primary N) is 1. The smallest absolute Gasteiger partial charge is 0.240 e. The van der Waals surface area contributed by atoms with Gasteiger partial charge in [-0.15, -0.1) is 6.58 Å². The molecule has 1 unspecified atom stereocenters. The molecule has 1 aromatic carbocycles. The van der Waals surface area contributed by atoms with Crippen LogP contribution in [0.4, 0.5) is 0 Å². The number of ether oxygens (including phenoxy) is 1. The molecule has 0 aliphatic carbocycles. The van der Waals surface area contributed by atoms with Crippen LogP contribution in [0.2, 0.25) is 5.02 Å². The van der Waals surface area contributed by atoms with Gasteiger partial charge in [-0.05, 0) is 12.1 Å². The molecule has 0 radical (unpaired) electrons. The van der Waals surface area contributed by atoms with Crippen LogP contribution in [0.25, 0.3) is 0 Å². The van der Waals surface area contributed by atoms with Gasteiger partial charge < -0.3 is 10.5 Å². The highest BCUT2D eigenvalue weighted by atomic mass is 35.5. The fourth-order valence-electron chi connectivity index (χ4n) is 1.87. The molecule has 1 aliphatic rings. The van der Waals surface area contributed by atoms with Crippen LogP contribution in [0.3, 0.4) is 0 Å². The molecule has 0 bridgehead atoms. The van der Waals surface area contributed by atoms with Crippen molar-refractivity contribution in [1.82, 2.24) is 4.72 Å². The lowest BCUT2D eigenvalue weighted by Crippen LogP contribution is -2.25. The van der Waals surface area contributed by atoms with Crippen LogP contribution in [0.15, 0.2) is 29.7 Å². The summed E-state index contributed by atoms with van der Waals surface area (Å²) >= 11 is 6.06. The third kappa shape index (κ3) is 2.92. The van der Waals surface area contributed by atoms with E-state index in [-0.39, 0.29) is 22.5 Å². The number of fused-ring (bicyclic) bond motifs is 1. The van der Waals surface area contributed by atoms with Gasteiger partial charge in [0.25, 0.3) is 0 Å². The van der Waals surface area contributed by atoms with Crippen LogP contribution in [0.1, 0.15) is 18.0 Å². The van der Waals surface area contributed by atoms with Gasteiger partial charge in [-0.2, -0.15) is 0 Å². The number of hydrogen-bond acceptors (Lipinski definition) is 4. The molecule has 0 amide bonds. The van der Waals surface area contributed by atoms with Gasteiger partial charge in [-0.1, -0.05) is 17.7 Å². The van der Waals surface area contributed by atoms with Crippen molar-refractivity contribution in [3.8, 4) is 5.75 Å². The Kier molecular flexibility index (Phi) is 4.15. The Morgan fingerprint density at radius 3 is 3.00 bits per heavy atom. The molecule has 0 saturated carbocycles. The van der Waals surface area contributed by atoms with Crippen molar-refractivity contribution in [2.75, 3.05) is 13.2 Å². The highest BCUT2D eigenvalue weighted by Crippen LogP contribution is 2.38. The molecule has 1 aliphatic heterocycles. The summed E-state index contributed by atoms with van der Waals surface area (Å²) in [6.45, 7) is 4.10. The number of halogens is 1.